The summed E-state index contributed by atoms with van der Waals surface area (Å²) in [5.74, 6) is 7.37. The van der Waals surface area contributed by atoms with Gasteiger partial charge in [-0.05, 0) is 34.1 Å². The van der Waals surface area contributed by atoms with E-state index in [2.05, 4.69) is 15.1 Å². The second-order valence-corrected chi connectivity index (χ2v) is 5.45. The number of rotatable bonds is 3. The number of esters is 1. The van der Waals surface area contributed by atoms with Crippen LogP contribution in [-0.2, 0) is 4.74 Å². The van der Waals surface area contributed by atoms with E-state index in [1.165, 1.54) is 7.11 Å². The van der Waals surface area contributed by atoms with Gasteiger partial charge in [-0.3, -0.25) is 0 Å². The lowest BCUT2D eigenvalue weighted by Gasteiger charge is -2.19. The summed E-state index contributed by atoms with van der Waals surface area (Å²) in [6.45, 7) is 0. The molecule has 2 aliphatic heterocycles. The highest BCUT2D eigenvalue weighted by atomic mass is 16.5. The number of methoxy groups -OCH3 is 1. The molecule has 25 heavy (non-hydrogen) atoms. The van der Waals surface area contributed by atoms with Gasteiger partial charge in [0.05, 0.1) is 18.9 Å². The van der Waals surface area contributed by atoms with Crippen LogP contribution in [-0.4, -0.2) is 35.7 Å². The fourth-order valence-electron chi connectivity index (χ4n) is 2.54. The number of nitrogens with zero attached hydrogens (tertiary/aromatic N) is 4. The first-order valence-corrected chi connectivity index (χ1v) is 7.45. The number of hydrogen-bond donors (Lipinski definition) is 1. The number of carbonyl (C=O) groups is 1. The molecule has 1 aromatic carbocycles. The Hall–Kier alpha value is -3.36. The minimum absolute atomic E-state index is 0.340. The minimum atomic E-state index is -0.392. The molecule has 0 aliphatic carbocycles. The molecule has 1 aromatic heterocycles. The highest BCUT2D eigenvalue weighted by Crippen LogP contribution is 2.26. The topological polar surface area (TPSA) is 103 Å². The van der Waals surface area contributed by atoms with Gasteiger partial charge in [-0.15, -0.1) is 5.84 Å². The Morgan fingerprint density at radius 2 is 2.04 bits per heavy atom. The highest BCUT2D eigenvalue weighted by Gasteiger charge is 2.40. The summed E-state index contributed by atoms with van der Waals surface area (Å²) in [5, 5.41) is 4.41. The Balaban J connectivity index is 1.67. The van der Waals surface area contributed by atoms with Gasteiger partial charge in [-0.1, -0.05) is 12.1 Å². The fraction of sp³-hybridized carbons (Fsp3) is 0.0588. The Labute approximate surface area is 142 Å². The standard InChI is InChI=1S/C17H14N5O3/c1-24-17(23)12-6-4-11(5-7-12)13-10-22(18)15(9-19-13)20-16(21-22)14-3-2-8-25-14/h2-10H,18H2,1H3/q+1. The number of carbonyl (C=O) groups excluding carboxylic acids is 1. The van der Waals surface area contributed by atoms with Gasteiger partial charge in [-0.2, -0.15) is 4.99 Å². The zero-order chi connectivity index (χ0) is 17.4. The van der Waals surface area contributed by atoms with Crippen molar-refractivity contribution >= 4 is 29.6 Å². The van der Waals surface area contributed by atoms with Crippen molar-refractivity contribution in [1.29, 1.82) is 0 Å². The molecule has 0 saturated carbocycles. The number of ether oxygens (including phenoxy) is 1. The molecule has 0 fully saturated rings. The van der Waals surface area contributed by atoms with Crippen LogP contribution in [0, 0.1) is 0 Å². The Kier molecular flexibility index (Phi) is 3.41. The number of benzene rings is 1. The third kappa shape index (κ3) is 2.59. The molecular formula is C17H14N5O3+. The predicted molar refractivity (Wildman–Crippen MR) is 91.4 cm³/mol. The number of furan rings is 1. The van der Waals surface area contributed by atoms with Gasteiger partial charge >= 0.3 is 5.97 Å². The van der Waals surface area contributed by atoms with Gasteiger partial charge < -0.3 is 9.15 Å². The van der Waals surface area contributed by atoms with Crippen LogP contribution in [0.3, 0.4) is 0 Å². The normalized spacial score (nSPS) is 21.3. The van der Waals surface area contributed by atoms with E-state index in [1.54, 1.807) is 55.1 Å². The maximum absolute atomic E-state index is 11.5. The third-order valence-electron chi connectivity index (χ3n) is 3.83. The predicted octanol–water partition coefficient (Wildman–Crippen LogP) is 1.91. The van der Waals surface area contributed by atoms with Gasteiger partial charge in [0.15, 0.2) is 12.0 Å². The van der Waals surface area contributed by atoms with Gasteiger partial charge in [0, 0.05) is 5.56 Å². The number of hydrogen-bond acceptors (Lipinski definition) is 7. The zero-order valence-electron chi connectivity index (χ0n) is 13.3. The minimum Gasteiger partial charge on any atom is -0.465 e. The van der Waals surface area contributed by atoms with Gasteiger partial charge in [0.1, 0.15) is 11.9 Å². The lowest BCUT2D eigenvalue weighted by molar-refractivity contribution is -0.802. The van der Waals surface area contributed by atoms with Crippen LogP contribution in [0.25, 0.3) is 5.70 Å². The smallest absolute Gasteiger partial charge is 0.337 e. The molecule has 1 unspecified atom stereocenters. The number of amidine groups is 2. The maximum Gasteiger partial charge on any atom is 0.337 e. The molecule has 0 amide bonds. The van der Waals surface area contributed by atoms with E-state index in [4.69, 9.17) is 15.0 Å². The molecular weight excluding hydrogens is 322 g/mol. The van der Waals surface area contributed by atoms with Crippen molar-refractivity contribution in [2.75, 3.05) is 7.11 Å². The Morgan fingerprint density at radius 1 is 1.24 bits per heavy atom. The SMILES string of the molecule is COC(=O)c1ccc(C2=C[N+]3(N)N=C(c4ccco4)N=C3C=N2)cc1. The van der Waals surface area contributed by atoms with Crippen LogP contribution in [0.4, 0.5) is 0 Å². The molecule has 2 aromatic rings. The third-order valence-corrected chi connectivity index (χ3v) is 3.83. The summed E-state index contributed by atoms with van der Waals surface area (Å²) in [6, 6.07) is 10.4. The van der Waals surface area contributed by atoms with E-state index in [0.717, 1.165) is 5.56 Å². The molecule has 0 saturated heterocycles. The van der Waals surface area contributed by atoms with E-state index >= 15 is 0 Å². The summed E-state index contributed by atoms with van der Waals surface area (Å²) >= 11 is 0. The Bertz CT molecular complexity index is 955. The molecule has 2 N–H and O–H groups in total. The highest BCUT2D eigenvalue weighted by molar-refractivity contribution is 6.32. The number of fused-ring (bicyclic) bond motifs is 1. The van der Waals surface area contributed by atoms with E-state index in [9.17, 15) is 4.79 Å². The quantitative estimate of drug-likeness (QED) is 0.525. The lowest BCUT2D eigenvalue weighted by atomic mass is 10.1. The monoisotopic (exact) mass is 336 g/mol. The molecule has 4 rings (SSSR count). The zero-order valence-corrected chi connectivity index (χ0v) is 13.3. The van der Waals surface area contributed by atoms with Crippen LogP contribution in [0.15, 0.2) is 68.4 Å². The summed E-state index contributed by atoms with van der Waals surface area (Å²) in [4.78, 5) is 20.3. The maximum atomic E-state index is 11.5. The van der Waals surface area contributed by atoms with Crippen molar-refractivity contribution in [2.45, 2.75) is 0 Å². The first kappa shape index (κ1) is 15.2. The van der Waals surface area contributed by atoms with Crippen LogP contribution < -0.4 is 5.84 Å². The number of quaternary nitrogens is 1. The molecule has 2 aliphatic rings. The largest absolute Gasteiger partial charge is 0.465 e. The van der Waals surface area contributed by atoms with Crippen LogP contribution in [0.5, 0.6) is 0 Å². The first-order chi connectivity index (χ1) is 12.1. The second kappa shape index (κ2) is 5.62. The first-order valence-electron chi connectivity index (χ1n) is 7.45. The molecule has 3 heterocycles. The lowest BCUT2D eigenvalue weighted by Crippen LogP contribution is -2.50. The van der Waals surface area contributed by atoms with E-state index < -0.39 is 5.97 Å². The summed E-state index contributed by atoms with van der Waals surface area (Å²) in [7, 11) is 1.34. The van der Waals surface area contributed by atoms with Crippen molar-refractivity contribution in [3.63, 3.8) is 0 Å². The summed E-state index contributed by atoms with van der Waals surface area (Å²) in [6.07, 6.45) is 4.80. The van der Waals surface area contributed by atoms with Gasteiger partial charge in [0.25, 0.3) is 11.7 Å². The summed E-state index contributed by atoms with van der Waals surface area (Å²) in [5.41, 5.74) is 1.89. The average molecular weight is 336 g/mol. The van der Waals surface area contributed by atoms with Crippen LogP contribution >= 0.6 is 0 Å². The Morgan fingerprint density at radius 3 is 2.72 bits per heavy atom. The average Bonchev–Trinajstić information content (AvgIpc) is 3.27. The second-order valence-electron chi connectivity index (χ2n) is 5.45. The van der Waals surface area contributed by atoms with Crippen molar-refractivity contribution in [3.8, 4) is 0 Å². The molecule has 1 atom stereocenters. The summed E-state index contributed by atoms with van der Waals surface area (Å²) < 4.78 is 9.67. The van der Waals surface area contributed by atoms with Crippen molar-refractivity contribution in [3.05, 3.63) is 65.7 Å². The van der Waals surface area contributed by atoms with Crippen LogP contribution in [0.2, 0.25) is 0 Å². The molecule has 0 bridgehead atoms. The van der Waals surface area contributed by atoms with Crippen molar-refractivity contribution < 1.29 is 18.6 Å². The van der Waals surface area contributed by atoms with E-state index in [0.29, 0.717) is 28.7 Å². The molecule has 0 spiro atoms. The molecule has 8 nitrogen and oxygen atoms in total. The molecule has 124 valence electrons. The molecule has 8 heteroatoms. The number of nitrogens with two attached hydrogens (primary N) is 1. The van der Waals surface area contributed by atoms with Crippen molar-refractivity contribution in [2.24, 2.45) is 20.9 Å². The number of aliphatic imine (C=N–C) groups is 2. The van der Waals surface area contributed by atoms with Gasteiger partial charge in [-0.25, -0.2) is 9.79 Å². The van der Waals surface area contributed by atoms with Crippen LogP contribution in [0.1, 0.15) is 21.7 Å². The van der Waals surface area contributed by atoms with Crippen molar-refractivity contribution in [1.82, 2.24) is 0 Å². The van der Waals surface area contributed by atoms with E-state index in [1.807, 2.05) is 0 Å². The van der Waals surface area contributed by atoms with E-state index in [-0.39, 0.29) is 4.70 Å². The fourth-order valence-corrected chi connectivity index (χ4v) is 2.54. The molecule has 0 radical (unpaired) electrons. The van der Waals surface area contributed by atoms with Gasteiger partial charge in [0.2, 0.25) is 0 Å².